The largest absolute Gasteiger partial charge is 0.332 e. The van der Waals surface area contributed by atoms with Crippen LogP contribution >= 0.6 is 0 Å². The van der Waals surface area contributed by atoms with E-state index in [4.69, 9.17) is 0 Å². The van der Waals surface area contributed by atoms with Gasteiger partial charge in [0.15, 0.2) is 0 Å². The summed E-state index contributed by atoms with van der Waals surface area (Å²) >= 11 is 0. The van der Waals surface area contributed by atoms with Crippen LogP contribution in [0.15, 0.2) is 223 Å². The topological polar surface area (TPSA) is 16.3 Å². The molecule has 4 nitrogen and oxygen atoms in total. The Morgan fingerprint density at radius 1 is 0.523 bits per heavy atom. The molecule has 16 rings (SSSR count). The molecule has 5 heterocycles. The van der Waals surface area contributed by atoms with Crippen molar-refractivity contribution in [2.24, 2.45) is 10.8 Å². The predicted octanol–water partition coefficient (Wildman–Crippen LogP) is 20.2. The summed E-state index contributed by atoms with van der Waals surface area (Å²) in [5.74, 6) is 0.147. The molecule has 10 aromatic rings. The lowest BCUT2D eigenvalue weighted by molar-refractivity contribution is 0.470. The van der Waals surface area contributed by atoms with E-state index in [-0.39, 0.29) is 46.3 Å². The predicted molar refractivity (Wildman–Crippen MR) is 375 cm³/mol. The van der Waals surface area contributed by atoms with Crippen LogP contribution in [0.5, 0.6) is 0 Å². The Morgan fingerprint density at radius 3 is 1.84 bits per heavy atom. The van der Waals surface area contributed by atoms with Crippen LogP contribution in [0.3, 0.4) is 0 Å². The zero-order valence-corrected chi connectivity index (χ0v) is 53.6. The van der Waals surface area contributed by atoms with Crippen LogP contribution in [0.2, 0.25) is 0 Å². The minimum Gasteiger partial charge on any atom is -0.332 e. The molecule has 0 radical (unpaired) electrons. The molecule has 2 unspecified atom stereocenters. The highest BCUT2D eigenvalue weighted by molar-refractivity contribution is 6.95. The van der Waals surface area contributed by atoms with Crippen LogP contribution < -0.4 is 20.7 Å². The van der Waals surface area contributed by atoms with Crippen LogP contribution in [0.1, 0.15) is 159 Å². The van der Waals surface area contributed by atoms with Gasteiger partial charge in [0.25, 0.3) is 6.71 Å². The van der Waals surface area contributed by atoms with Crippen molar-refractivity contribution in [3.63, 3.8) is 0 Å². The first-order valence-electron chi connectivity index (χ1n) is 32.6. The number of aromatic nitrogens is 2. The number of anilines is 4. The molecule has 8 aromatic carbocycles. The van der Waals surface area contributed by atoms with Gasteiger partial charge in [-0.1, -0.05) is 258 Å². The third-order valence-corrected chi connectivity index (χ3v) is 20.9. The van der Waals surface area contributed by atoms with Gasteiger partial charge in [-0.25, -0.2) is 0 Å². The summed E-state index contributed by atoms with van der Waals surface area (Å²) in [7, 11) is 0. The lowest BCUT2D eigenvalue weighted by Gasteiger charge is -2.43. The lowest BCUT2D eigenvalue weighted by atomic mass is 9.32. The second-order valence-electron chi connectivity index (χ2n) is 30.4. The van der Waals surface area contributed by atoms with Gasteiger partial charge < -0.3 is 18.9 Å². The summed E-state index contributed by atoms with van der Waals surface area (Å²) in [4.78, 5) is 5.42. The van der Waals surface area contributed by atoms with E-state index >= 15 is 0 Å². The second-order valence-corrected chi connectivity index (χ2v) is 30.4. The molecule has 0 N–H and O–H groups in total. The SMILES string of the molecule is CC(C)(C)C1=Cc2c(n3c4c(cc(C(C)(C)C)cc24)B2C4=C5C(CC(C(C)(C)C)=C4)c4cc(C(C)(C)C)ccc4N5c4cc(-n5c6c(C(c7ccccc7)c7ccccc7)cccc6c6cccc(N(c7ccccc7)C7C=CC=CC7)c65)cc-3c42)CC1. The quantitative estimate of drug-likeness (QED) is 0.117. The molecule has 0 fully saturated rings. The first kappa shape index (κ1) is 54.8. The Kier molecular flexibility index (Phi) is 12.1. The minimum absolute atomic E-state index is 0.00565. The lowest BCUT2D eigenvalue weighted by Crippen LogP contribution is -2.55. The van der Waals surface area contributed by atoms with Gasteiger partial charge in [0.05, 0.1) is 28.5 Å². The second kappa shape index (κ2) is 19.5. The molecule has 6 aliphatic rings. The average molecular weight is 1150 g/mol. The number of benzene rings is 8. The van der Waals surface area contributed by atoms with Crippen LogP contribution in [-0.2, 0) is 17.3 Å². The van der Waals surface area contributed by atoms with E-state index in [1.165, 1.54) is 145 Å². The van der Waals surface area contributed by atoms with Gasteiger partial charge in [-0.05, 0) is 140 Å². The molecule has 0 saturated heterocycles. The summed E-state index contributed by atoms with van der Waals surface area (Å²) in [5.41, 5.74) is 31.0. The van der Waals surface area contributed by atoms with E-state index < -0.39 is 0 Å². The standard InChI is InChI=1S/C83H81BN4/c1-80(2,3)53-39-41-69-63(43-53)65-45-55(82(7,8)9)47-67-77(65)87(69)72-49-59(50-73-75(72)84(67)68-48-56(83(10,11)12)46-66-64-44-54(81(4,5)6)40-42-70(64)88(73)78(66)68)86-76-60(35-25-37-62(76)74(51-27-17-13-18-28-51)52-29-19-14-20-30-52)61-36-26-38-71(79(61)86)85(57-31-21-15-22-32-57)58-33-23-16-24-34-58/h13-33,35-39,41,43-44,46-50,58,65,74H,34,40,42,45H2,1-12H3. The smallest absolute Gasteiger partial charge is 0.251 e. The van der Waals surface area contributed by atoms with Crippen molar-refractivity contribution in [3.05, 3.63) is 267 Å². The third-order valence-electron chi connectivity index (χ3n) is 20.9. The van der Waals surface area contributed by atoms with Gasteiger partial charge in [-0.15, -0.1) is 0 Å². The Balaban J connectivity index is 1.10. The summed E-state index contributed by atoms with van der Waals surface area (Å²) in [6, 6.07) is 66.2. The molecule has 0 spiro atoms. The first-order valence-corrected chi connectivity index (χ1v) is 32.6. The minimum atomic E-state index is -0.0779. The highest BCUT2D eigenvalue weighted by Gasteiger charge is 2.51. The van der Waals surface area contributed by atoms with E-state index in [1.54, 1.807) is 0 Å². The number of allylic oxidation sites excluding steroid dienone is 7. The van der Waals surface area contributed by atoms with Crippen LogP contribution in [0, 0.1) is 10.8 Å². The summed E-state index contributed by atoms with van der Waals surface area (Å²) in [6.07, 6.45) is 18.4. The maximum atomic E-state index is 2.81. The van der Waals surface area contributed by atoms with E-state index in [0.717, 1.165) is 25.7 Å². The van der Waals surface area contributed by atoms with Gasteiger partial charge in [-0.3, -0.25) is 0 Å². The van der Waals surface area contributed by atoms with E-state index in [0.29, 0.717) is 0 Å². The van der Waals surface area contributed by atoms with E-state index in [2.05, 4.69) is 308 Å². The first-order chi connectivity index (χ1) is 42.2. The normalized spacial score (nSPS) is 17.6. The Hall–Kier alpha value is -8.54. The Morgan fingerprint density at radius 2 is 1.18 bits per heavy atom. The third kappa shape index (κ3) is 8.31. The van der Waals surface area contributed by atoms with Crippen molar-refractivity contribution in [1.82, 2.24) is 9.13 Å². The maximum Gasteiger partial charge on any atom is 0.251 e. The molecule has 5 heteroatoms. The molecular formula is C83H81BN4. The average Bonchev–Trinajstić information content (AvgIpc) is 1.44. The highest BCUT2D eigenvalue weighted by Crippen LogP contribution is 2.59. The van der Waals surface area contributed by atoms with Crippen molar-refractivity contribution in [3.8, 4) is 11.4 Å². The van der Waals surface area contributed by atoms with Gasteiger partial charge >= 0.3 is 0 Å². The zero-order valence-electron chi connectivity index (χ0n) is 53.6. The summed E-state index contributed by atoms with van der Waals surface area (Å²) in [5, 5.41) is 3.89. The summed E-state index contributed by atoms with van der Waals surface area (Å²) in [6.45, 7) is 29.0. The number of rotatable bonds is 7. The van der Waals surface area contributed by atoms with Crippen molar-refractivity contribution in [2.45, 2.75) is 137 Å². The monoisotopic (exact) mass is 1140 g/mol. The maximum absolute atomic E-state index is 2.81. The van der Waals surface area contributed by atoms with Crippen molar-refractivity contribution < 1.29 is 0 Å². The molecule has 3 aliphatic carbocycles. The van der Waals surface area contributed by atoms with Gasteiger partial charge in [0.2, 0.25) is 0 Å². The van der Waals surface area contributed by atoms with Gasteiger partial charge in [0, 0.05) is 73.2 Å². The van der Waals surface area contributed by atoms with E-state index in [1.807, 2.05) is 0 Å². The summed E-state index contributed by atoms with van der Waals surface area (Å²) < 4.78 is 5.56. The zero-order chi connectivity index (χ0) is 60.5. The Bertz CT molecular complexity index is 4680. The molecule has 3 aliphatic heterocycles. The van der Waals surface area contributed by atoms with Gasteiger partial charge in [0.1, 0.15) is 0 Å². The molecule has 2 aromatic heterocycles. The fourth-order valence-electron chi connectivity index (χ4n) is 16.4. The van der Waals surface area contributed by atoms with Gasteiger partial charge in [-0.2, -0.15) is 0 Å². The number of hydrogen-bond donors (Lipinski definition) is 0. The van der Waals surface area contributed by atoms with Crippen molar-refractivity contribution in [2.75, 3.05) is 9.80 Å². The number of fused-ring (bicyclic) bond motifs is 13. The Labute approximate surface area is 522 Å². The fourth-order valence-corrected chi connectivity index (χ4v) is 16.4. The fraction of sp³-hybridized carbons (Fsp3) is 0.277. The van der Waals surface area contributed by atoms with Crippen LogP contribution in [0.4, 0.5) is 22.7 Å². The van der Waals surface area contributed by atoms with E-state index in [9.17, 15) is 0 Å². The van der Waals surface area contributed by atoms with Crippen molar-refractivity contribution in [1.29, 1.82) is 0 Å². The number of para-hydroxylation sites is 3. The molecule has 88 heavy (non-hydrogen) atoms. The molecular weight excluding hydrogens is 1060 g/mol. The molecule has 0 bridgehead atoms. The number of hydrogen-bond acceptors (Lipinski definition) is 2. The van der Waals surface area contributed by atoms with Crippen LogP contribution in [0.25, 0.3) is 50.2 Å². The molecule has 0 amide bonds. The highest BCUT2D eigenvalue weighted by atomic mass is 15.2. The number of nitrogens with zero attached hydrogens (tertiary/aromatic N) is 4. The molecule has 436 valence electrons. The molecule has 2 atom stereocenters. The molecule has 0 saturated carbocycles. The van der Waals surface area contributed by atoms with Crippen LogP contribution in [-0.4, -0.2) is 21.9 Å². The van der Waals surface area contributed by atoms with Crippen molar-refractivity contribution >= 4 is 79.2 Å².